The number of carbonyl (C=O) groups excluding carboxylic acids is 1. The van der Waals surface area contributed by atoms with Crippen molar-refractivity contribution in [3.63, 3.8) is 0 Å². The van der Waals surface area contributed by atoms with E-state index in [0.717, 1.165) is 17.7 Å². The summed E-state index contributed by atoms with van der Waals surface area (Å²) in [7, 11) is 1.68. The van der Waals surface area contributed by atoms with Crippen molar-refractivity contribution in [3.05, 3.63) is 29.3 Å². The molecule has 2 nitrogen and oxygen atoms in total. The van der Waals surface area contributed by atoms with Gasteiger partial charge in [0, 0.05) is 12.8 Å². The standard InChI is InChI=1S/C16H24O2/c1-6-14(17)9-7-12-11-13(16(2,3)4)8-10-15(12)18-5/h8,10-11H,6-7,9H2,1-5H3. The lowest BCUT2D eigenvalue weighted by atomic mass is 9.85. The molecule has 18 heavy (non-hydrogen) atoms. The van der Waals surface area contributed by atoms with Gasteiger partial charge in [0.2, 0.25) is 0 Å². The first-order chi connectivity index (χ1) is 8.38. The van der Waals surface area contributed by atoms with Crippen LogP contribution in [0.3, 0.4) is 0 Å². The SMILES string of the molecule is CCC(=O)CCc1cc(C(C)(C)C)ccc1OC. The molecule has 0 aliphatic rings. The molecule has 0 aliphatic heterocycles. The number of hydrogen-bond donors (Lipinski definition) is 0. The highest BCUT2D eigenvalue weighted by molar-refractivity contribution is 5.78. The van der Waals surface area contributed by atoms with Crippen molar-refractivity contribution in [2.75, 3.05) is 7.11 Å². The van der Waals surface area contributed by atoms with Gasteiger partial charge in [-0.25, -0.2) is 0 Å². The molecule has 0 saturated carbocycles. The third-order valence-electron chi connectivity index (χ3n) is 3.21. The molecule has 100 valence electrons. The van der Waals surface area contributed by atoms with Crippen molar-refractivity contribution in [2.24, 2.45) is 0 Å². The minimum atomic E-state index is 0.121. The molecule has 0 spiro atoms. The first-order valence-electron chi connectivity index (χ1n) is 6.57. The number of ketones is 1. The van der Waals surface area contributed by atoms with E-state index in [9.17, 15) is 4.79 Å². The quantitative estimate of drug-likeness (QED) is 0.790. The molecule has 0 atom stereocenters. The highest BCUT2D eigenvalue weighted by Crippen LogP contribution is 2.28. The number of methoxy groups -OCH3 is 1. The van der Waals surface area contributed by atoms with E-state index >= 15 is 0 Å². The molecule has 0 amide bonds. The van der Waals surface area contributed by atoms with Crippen molar-refractivity contribution >= 4 is 5.78 Å². The fourth-order valence-corrected chi connectivity index (χ4v) is 1.89. The van der Waals surface area contributed by atoms with Crippen LogP contribution in [0.15, 0.2) is 18.2 Å². The van der Waals surface area contributed by atoms with Crippen LogP contribution in [0.5, 0.6) is 5.75 Å². The number of rotatable bonds is 5. The van der Waals surface area contributed by atoms with Crippen LogP contribution in [0.1, 0.15) is 51.7 Å². The Balaban J connectivity index is 2.96. The smallest absolute Gasteiger partial charge is 0.132 e. The Hall–Kier alpha value is -1.31. The zero-order valence-electron chi connectivity index (χ0n) is 12.2. The highest BCUT2D eigenvalue weighted by Gasteiger charge is 2.16. The van der Waals surface area contributed by atoms with Crippen molar-refractivity contribution in [1.29, 1.82) is 0 Å². The minimum Gasteiger partial charge on any atom is -0.496 e. The summed E-state index contributed by atoms with van der Waals surface area (Å²) in [6.45, 7) is 8.48. The molecule has 0 saturated heterocycles. The second kappa shape index (κ2) is 6.03. The predicted octanol–water partition coefficient (Wildman–Crippen LogP) is 3.90. The maximum absolute atomic E-state index is 11.4. The first-order valence-corrected chi connectivity index (χ1v) is 6.57. The van der Waals surface area contributed by atoms with Crippen molar-refractivity contribution < 1.29 is 9.53 Å². The van der Waals surface area contributed by atoms with Gasteiger partial charge in [0.15, 0.2) is 0 Å². The Morgan fingerprint density at radius 1 is 1.28 bits per heavy atom. The summed E-state index contributed by atoms with van der Waals surface area (Å²) in [5.74, 6) is 1.19. The zero-order chi connectivity index (χ0) is 13.8. The second-order valence-corrected chi connectivity index (χ2v) is 5.67. The molecular formula is C16H24O2. The molecular weight excluding hydrogens is 224 g/mol. The Bertz CT molecular complexity index is 414. The topological polar surface area (TPSA) is 26.3 Å². The molecule has 2 heteroatoms. The Morgan fingerprint density at radius 3 is 2.44 bits per heavy atom. The van der Waals surface area contributed by atoms with Crippen LogP contribution in [-0.4, -0.2) is 12.9 Å². The van der Waals surface area contributed by atoms with E-state index in [2.05, 4.69) is 32.9 Å². The lowest BCUT2D eigenvalue weighted by molar-refractivity contribution is -0.118. The molecule has 1 rings (SSSR count). The second-order valence-electron chi connectivity index (χ2n) is 5.67. The molecule has 0 heterocycles. The summed E-state index contributed by atoms with van der Waals surface area (Å²) >= 11 is 0. The lowest BCUT2D eigenvalue weighted by Crippen LogP contribution is -2.12. The van der Waals surface area contributed by atoms with Gasteiger partial charge >= 0.3 is 0 Å². The molecule has 0 N–H and O–H groups in total. The summed E-state index contributed by atoms with van der Waals surface area (Å²) in [4.78, 5) is 11.4. The first kappa shape index (κ1) is 14.7. The van der Waals surface area contributed by atoms with Gasteiger partial charge in [-0.2, -0.15) is 0 Å². The zero-order valence-corrected chi connectivity index (χ0v) is 12.2. The number of aryl methyl sites for hydroxylation is 1. The Morgan fingerprint density at radius 2 is 1.94 bits per heavy atom. The summed E-state index contributed by atoms with van der Waals surface area (Å²) in [6.07, 6.45) is 1.97. The third-order valence-corrected chi connectivity index (χ3v) is 3.21. The van der Waals surface area contributed by atoms with E-state index < -0.39 is 0 Å². The molecule has 0 fully saturated rings. The number of Topliss-reactive ketones (excluding diaryl/α,β-unsaturated/α-hetero) is 1. The molecule has 0 radical (unpaired) electrons. The van der Waals surface area contributed by atoms with E-state index in [1.807, 2.05) is 13.0 Å². The number of carbonyl (C=O) groups is 1. The average molecular weight is 248 g/mol. The van der Waals surface area contributed by atoms with Crippen LogP contribution in [-0.2, 0) is 16.6 Å². The number of benzene rings is 1. The minimum absolute atomic E-state index is 0.121. The fraction of sp³-hybridized carbons (Fsp3) is 0.562. The summed E-state index contributed by atoms with van der Waals surface area (Å²) < 4.78 is 5.37. The van der Waals surface area contributed by atoms with Gasteiger partial charge in [0.1, 0.15) is 11.5 Å². The highest BCUT2D eigenvalue weighted by atomic mass is 16.5. The molecule has 1 aromatic rings. The van der Waals surface area contributed by atoms with Gasteiger partial charge in [-0.15, -0.1) is 0 Å². The van der Waals surface area contributed by atoms with E-state index in [0.29, 0.717) is 18.6 Å². The van der Waals surface area contributed by atoms with Crippen LogP contribution >= 0.6 is 0 Å². The summed E-state index contributed by atoms with van der Waals surface area (Å²) in [5.41, 5.74) is 2.53. The van der Waals surface area contributed by atoms with E-state index in [4.69, 9.17) is 4.74 Å². The van der Waals surface area contributed by atoms with Gasteiger partial charge in [-0.1, -0.05) is 39.8 Å². The Labute approximate surface area is 110 Å². The van der Waals surface area contributed by atoms with E-state index in [-0.39, 0.29) is 5.41 Å². The maximum atomic E-state index is 11.4. The normalized spacial score (nSPS) is 11.4. The van der Waals surface area contributed by atoms with Gasteiger partial charge in [-0.3, -0.25) is 4.79 Å². The van der Waals surface area contributed by atoms with Crippen molar-refractivity contribution in [2.45, 2.75) is 52.4 Å². The Kier molecular flexibility index (Phi) is 4.94. The summed E-state index contributed by atoms with van der Waals surface area (Å²) in [5, 5.41) is 0. The fourth-order valence-electron chi connectivity index (χ4n) is 1.89. The van der Waals surface area contributed by atoms with Crippen molar-refractivity contribution in [3.8, 4) is 5.75 Å². The predicted molar refractivity (Wildman–Crippen MR) is 75.3 cm³/mol. The van der Waals surface area contributed by atoms with Crippen LogP contribution in [0.4, 0.5) is 0 Å². The van der Waals surface area contributed by atoms with Crippen LogP contribution in [0, 0.1) is 0 Å². The van der Waals surface area contributed by atoms with Crippen LogP contribution in [0.25, 0.3) is 0 Å². The number of hydrogen-bond acceptors (Lipinski definition) is 2. The average Bonchev–Trinajstić information content (AvgIpc) is 2.34. The van der Waals surface area contributed by atoms with Gasteiger partial charge in [-0.05, 0) is 29.0 Å². The van der Waals surface area contributed by atoms with E-state index in [1.54, 1.807) is 7.11 Å². The van der Waals surface area contributed by atoms with Gasteiger partial charge in [0.25, 0.3) is 0 Å². The molecule has 0 bridgehead atoms. The molecule has 1 aromatic carbocycles. The van der Waals surface area contributed by atoms with Crippen molar-refractivity contribution in [1.82, 2.24) is 0 Å². The van der Waals surface area contributed by atoms with Gasteiger partial charge < -0.3 is 4.74 Å². The summed E-state index contributed by atoms with van der Waals surface area (Å²) in [6, 6.07) is 6.28. The number of ether oxygens (including phenoxy) is 1. The third kappa shape index (κ3) is 3.86. The molecule has 0 unspecified atom stereocenters. The largest absolute Gasteiger partial charge is 0.496 e. The molecule has 0 aromatic heterocycles. The molecule has 0 aliphatic carbocycles. The van der Waals surface area contributed by atoms with Crippen LogP contribution in [0.2, 0.25) is 0 Å². The maximum Gasteiger partial charge on any atom is 0.132 e. The van der Waals surface area contributed by atoms with E-state index in [1.165, 1.54) is 5.56 Å². The monoisotopic (exact) mass is 248 g/mol. The van der Waals surface area contributed by atoms with Gasteiger partial charge in [0.05, 0.1) is 7.11 Å². The van der Waals surface area contributed by atoms with Crippen LogP contribution < -0.4 is 4.74 Å². The lowest BCUT2D eigenvalue weighted by Gasteiger charge is -2.21.